The third-order valence-electron chi connectivity index (χ3n) is 3.82. The monoisotopic (exact) mass is 388 g/mol. The van der Waals surface area contributed by atoms with Crippen LogP contribution < -0.4 is 4.31 Å². The minimum absolute atomic E-state index is 0.132. The Morgan fingerprint density at radius 3 is 2.45 bits per heavy atom. The van der Waals surface area contributed by atoms with E-state index >= 15 is 0 Å². The largest absolute Gasteiger partial charge is 0.341 e. The van der Waals surface area contributed by atoms with Gasteiger partial charge in [0.05, 0.1) is 11.9 Å². The first-order chi connectivity index (χ1) is 10.3. The Hall–Kier alpha value is -1.08. The number of likely N-dealkylation sites (tertiary alicyclic amines) is 1. The van der Waals surface area contributed by atoms with E-state index in [1.54, 1.807) is 17.0 Å². The number of piperidine rings is 1. The van der Waals surface area contributed by atoms with Crippen LogP contribution in [0.5, 0.6) is 0 Å². The van der Waals surface area contributed by atoms with Gasteiger partial charge in [-0.05, 0) is 49.9 Å². The number of carbonyl (C=O) groups is 1. The lowest BCUT2D eigenvalue weighted by Gasteiger charge is -2.30. The zero-order valence-corrected chi connectivity index (χ0v) is 15.3. The summed E-state index contributed by atoms with van der Waals surface area (Å²) < 4.78 is 26.3. The van der Waals surface area contributed by atoms with E-state index in [2.05, 4.69) is 15.9 Å². The van der Waals surface area contributed by atoms with E-state index in [1.807, 2.05) is 13.0 Å². The minimum Gasteiger partial charge on any atom is -0.341 e. The summed E-state index contributed by atoms with van der Waals surface area (Å²) in [5, 5.41) is 0. The maximum Gasteiger partial charge on any atom is 0.243 e. The molecule has 1 saturated heterocycles. The molecular weight excluding hydrogens is 368 g/mol. The van der Waals surface area contributed by atoms with Crippen LogP contribution in [0.15, 0.2) is 22.7 Å². The van der Waals surface area contributed by atoms with Gasteiger partial charge >= 0.3 is 0 Å². The van der Waals surface area contributed by atoms with Gasteiger partial charge in [-0.25, -0.2) is 8.42 Å². The van der Waals surface area contributed by atoms with E-state index in [-0.39, 0.29) is 12.5 Å². The molecule has 2 rings (SSSR count). The van der Waals surface area contributed by atoms with Gasteiger partial charge in [-0.3, -0.25) is 9.10 Å². The highest BCUT2D eigenvalue weighted by molar-refractivity contribution is 9.10. The maximum absolute atomic E-state index is 12.4. The second-order valence-electron chi connectivity index (χ2n) is 5.64. The van der Waals surface area contributed by atoms with Crippen molar-refractivity contribution >= 4 is 37.5 Å². The molecule has 0 spiro atoms. The molecule has 1 amide bonds. The zero-order chi connectivity index (χ0) is 16.3. The molecule has 0 bridgehead atoms. The van der Waals surface area contributed by atoms with Crippen molar-refractivity contribution < 1.29 is 13.2 Å². The van der Waals surface area contributed by atoms with Crippen molar-refractivity contribution in [1.82, 2.24) is 4.90 Å². The number of hydrogen-bond donors (Lipinski definition) is 0. The standard InChI is InChI=1S/C15H21BrN2O3S/c1-12-10-13(16)6-7-14(12)18(22(2,20)21)11-15(19)17-8-4-3-5-9-17/h6-7,10H,3-5,8-9,11H2,1-2H3. The second kappa shape index (κ2) is 7.00. The molecule has 0 aromatic heterocycles. The predicted octanol–water partition coefficient (Wildman–Crippen LogP) is 2.54. The van der Waals surface area contributed by atoms with Gasteiger partial charge in [-0.15, -0.1) is 0 Å². The van der Waals surface area contributed by atoms with E-state index in [0.29, 0.717) is 5.69 Å². The zero-order valence-electron chi connectivity index (χ0n) is 12.9. The lowest BCUT2D eigenvalue weighted by molar-refractivity contribution is -0.130. The Morgan fingerprint density at radius 2 is 1.91 bits per heavy atom. The van der Waals surface area contributed by atoms with Crippen molar-refractivity contribution in [3.63, 3.8) is 0 Å². The van der Waals surface area contributed by atoms with Gasteiger partial charge in [0.25, 0.3) is 0 Å². The van der Waals surface area contributed by atoms with Crippen molar-refractivity contribution in [2.45, 2.75) is 26.2 Å². The molecular formula is C15H21BrN2O3S. The molecule has 22 heavy (non-hydrogen) atoms. The minimum atomic E-state index is -3.52. The summed E-state index contributed by atoms with van der Waals surface area (Å²) in [7, 11) is -3.52. The quantitative estimate of drug-likeness (QED) is 0.795. The molecule has 122 valence electrons. The molecule has 1 aliphatic rings. The molecule has 1 heterocycles. The second-order valence-corrected chi connectivity index (χ2v) is 8.46. The van der Waals surface area contributed by atoms with Crippen LogP contribution in [0, 0.1) is 6.92 Å². The number of carbonyl (C=O) groups excluding carboxylic acids is 1. The van der Waals surface area contributed by atoms with E-state index in [4.69, 9.17) is 0 Å². The predicted molar refractivity (Wildman–Crippen MR) is 91.5 cm³/mol. The van der Waals surface area contributed by atoms with Crippen molar-refractivity contribution in [3.8, 4) is 0 Å². The number of anilines is 1. The van der Waals surface area contributed by atoms with Gasteiger partial charge in [0, 0.05) is 17.6 Å². The Kier molecular flexibility index (Phi) is 5.50. The number of rotatable bonds is 4. The van der Waals surface area contributed by atoms with Crippen molar-refractivity contribution in [1.29, 1.82) is 0 Å². The number of halogens is 1. The molecule has 5 nitrogen and oxygen atoms in total. The SMILES string of the molecule is Cc1cc(Br)ccc1N(CC(=O)N1CCCCC1)S(C)(=O)=O. The van der Waals surface area contributed by atoms with E-state index in [0.717, 1.165) is 48.6 Å². The third-order valence-corrected chi connectivity index (χ3v) is 5.44. The number of hydrogen-bond acceptors (Lipinski definition) is 3. The molecule has 0 radical (unpaired) electrons. The summed E-state index contributed by atoms with van der Waals surface area (Å²) >= 11 is 3.37. The fourth-order valence-corrected chi connectivity index (χ4v) is 4.03. The van der Waals surface area contributed by atoms with E-state index < -0.39 is 10.0 Å². The number of amides is 1. The number of benzene rings is 1. The van der Waals surface area contributed by atoms with Crippen LogP contribution in [-0.4, -0.2) is 45.1 Å². The van der Waals surface area contributed by atoms with Gasteiger partial charge in [0.2, 0.25) is 15.9 Å². The maximum atomic E-state index is 12.4. The molecule has 1 aliphatic heterocycles. The first kappa shape index (κ1) is 17.3. The Morgan fingerprint density at radius 1 is 1.27 bits per heavy atom. The number of nitrogens with zero attached hydrogens (tertiary/aromatic N) is 2. The highest BCUT2D eigenvalue weighted by Crippen LogP contribution is 2.26. The van der Waals surface area contributed by atoms with Gasteiger partial charge in [-0.1, -0.05) is 15.9 Å². The molecule has 0 aliphatic carbocycles. The summed E-state index contributed by atoms with van der Waals surface area (Å²) in [6.07, 6.45) is 4.24. The van der Waals surface area contributed by atoms with Crippen molar-refractivity contribution in [3.05, 3.63) is 28.2 Å². The molecule has 1 fully saturated rings. The molecule has 0 unspecified atom stereocenters. The average Bonchev–Trinajstić information content (AvgIpc) is 2.45. The van der Waals surface area contributed by atoms with Crippen LogP contribution in [0.4, 0.5) is 5.69 Å². The van der Waals surface area contributed by atoms with Crippen molar-refractivity contribution in [2.75, 3.05) is 30.2 Å². The molecule has 1 aromatic rings. The number of aryl methyl sites for hydroxylation is 1. The Bertz CT molecular complexity index is 655. The van der Waals surface area contributed by atoms with E-state index in [9.17, 15) is 13.2 Å². The fraction of sp³-hybridized carbons (Fsp3) is 0.533. The first-order valence-corrected chi connectivity index (χ1v) is 9.95. The third kappa shape index (κ3) is 4.23. The molecule has 0 N–H and O–H groups in total. The molecule has 0 atom stereocenters. The van der Waals surface area contributed by atoms with Gasteiger partial charge < -0.3 is 4.90 Å². The topological polar surface area (TPSA) is 57.7 Å². The lowest BCUT2D eigenvalue weighted by Crippen LogP contribution is -2.44. The normalized spacial score (nSPS) is 15.7. The van der Waals surface area contributed by atoms with Crippen LogP contribution >= 0.6 is 15.9 Å². The van der Waals surface area contributed by atoms with Crippen LogP contribution in [0.2, 0.25) is 0 Å². The van der Waals surface area contributed by atoms with Gasteiger partial charge in [0.15, 0.2) is 0 Å². The molecule has 0 saturated carbocycles. The number of sulfonamides is 1. The van der Waals surface area contributed by atoms with Crippen LogP contribution in [0.25, 0.3) is 0 Å². The smallest absolute Gasteiger partial charge is 0.243 e. The first-order valence-electron chi connectivity index (χ1n) is 7.30. The average molecular weight is 389 g/mol. The van der Waals surface area contributed by atoms with E-state index in [1.165, 1.54) is 4.31 Å². The van der Waals surface area contributed by atoms with Crippen LogP contribution in [-0.2, 0) is 14.8 Å². The summed E-state index contributed by atoms with van der Waals surface area (Å²) in [5.41, 5.74) is 1.36. The Labute approximate surface area is 140 Å². The summed E-state index contributed by atoms with van der Waals surface area (Å²) in [5.74, 6) is -0.132. The van der Waals surface area contributed by atoms with Crippen LogP contribution in [0.1, 0.15) is 24.8 Å². The summed E-state index contributed by atoms with van der Waals surface area (Å²) in [4.78, 5) is 14.2. The van der Waals surface area contributed by atoms with Gasteiger partial charge in [0.1, 0.15) is 6.54 Å². The molecule has 1 aromatic carbocycles. The van der Waals surface area contributed by atoms with Crippen LogP contribution in [0.3, 0.4) is 0 Å². The summed E-state index contributed by atoms with van der Waals surface area (Å²) in [6.45, 7) is 3.14. The Balaban J connectivity index is 2.25. The molecule has 7 heteroatoms. The lowest BCUT2D eigenvalue weighted by atomic mass is 10.1. The fourth-order valence-electron chi connectivity index (χ4n) is 2.65. The van der Waals surface area contributed by atoms with Crippen molar-refractivity contribution in [2.24, 2.45) is 0 Å². The van der Waals surface area contributed by atoms with Gasteiger partial charge in [-0.2, -0.15) is 0 Å². The highest BCUT2D eigenvalue weighted by atomic mass is 79.9. The summed E-state index contributed by atoms with van der Waals surface area (Å²) in [6, 6.07) is 5.36. The highest BCUT2D eigenvalue weighted by Gasteiger charge is 2.25.